The van der Waals surface area contributed by atoms with E-state index in [2.05, 4.69) is 0 Å². The van der Waals surface area contributed by atoms with Gasteiger partial charge < -0.3 is 9.47 Å². The number of nitrogens with zero attached hydrogens (tertiary/aromatic N) is 1. The van der Waals surface area contributed by atoms with Gasteiger partial charge >= 0.3 is 0 Å². The monoisotopic (exact) mass is 397 g/mol. The number of imide groups is 1. The number of ether oxygens (including phenoxy) is 2. The van der Waals surface area contributed by atoms with Gasteiger partial charge in [0.1, 0.15) is 11.5 Å². The third kappa shape index (κ3) is 3.64. The van der Waals surface area contributed by atoms with Crippen LogP contribution in [0.5, 0.6) is 11.5 Å². The molecule has 2 amide bonds. The Morgan fingerprint density at radius 3 is 2.32 bits per heavy atom. The summed E-state index contributed by atoms with van der Waals surface area (Å²) in [4.78, 5) is 28.2. The summed E-state index contributed by atoms with van der Waals surface area (Å²) in [7, 11) is 1.53. The lowest BCUT2D eigenvalue weighted by molar-refractivity contribution is -0.119. The normalized spacial score (nSPS) is 14.1. The quantitative estimate of drug-likeness (QED) is 0.647. The highest BCUT2D eigenvalue weighted by Gasteiger charge is 2.41. The molecule has 6 heteroatoms. The van der Waals surface area contributed by atoms with Crippen molar-refractivity contribution in [3.8, 4) is 11.5 Å². The molecule has 2 aromatic rings. The standard InChI is InChI=1S/C22H23NO4S/c1-5-27-16-10-8-15(9-11-16)19-20(28-6-2)22(25)23(21(19)24)17-13-14(3)7-12-18(17)26-4/h7-13H,5-6H2,1-4H3. The van der Waals surface area contributed by atoms with Crippen LogP contribution >= 0.6 is 11.8 Å². The van der Waals surface area contributed by atoms with Crippen molar-refractivity contribution in [2.45, 2.75) is 20.8 Å². The lowest BCUT2D eigenvalue weighted by Crippen LogP contribution is -2.31. The van der Waals surface area contributed by atoms with Gasteiger partial charge in [-0.05, 0) is 55.0 Å². The molecule has 0 atom stereocenters. The summed E-state index contributed by atoms with van der Waals surface area (Å²) in [5.41, 5.74) is 2.53. The number of amides is 2. The van der Waals surface area contributed by atoms with Gasteiger partial charge in [-0.15, -0.1) is 11.8 Å². The molecule has 0 aromatic heterocycles. The Kier molecular flexibility index (Phi) is 6.09. The molecule has 146 valence electrons. The molecule has 0 N–H and O–H groups in total. The van der Waals surface area contributed by atoms with Gasteiger partial charge in [0.05, 0.1) is 29.9 Å². The second-order valence-corrected chi connectivity index (χ2v) is 7.49. The smallest absolute Gasteiger partial charge is 0.272 e. The molecule has 1 aliphatic heterocycles. The molecule has 0 fully saturated rings. The van der Waals surface area contributed by atoms with Crippen molar-refractivity contribution in [1.29, 1.82) is 0 Å². The number of aryl methyl sites for hydroxylation is 1. The van der Waals surface area contributed by atoms with E-state index in [9.17, 15) is 9.59 Å². The number of thioether (sulfide) groups is 1. The Morgan fingerprint density at radius 2 is 1.71 bits per heavy atom. The number of methoxy groups -OCH3 is 1. The summed E-state index contributed by atoms with van der Waals surface area (Å²) in [5.74, 6) is 1.25. The Bertz CT molecular complexity index is 934. The molecule has 0 radical (unpaired) electrons. The predicted molar refractivity (Wildman–Crippen MR) is 113 cm³/mol. The van der Waals surface area contributed by atoms with Crippen LogP contribution in [0.15, 0.2) is 47.4 Å². The Labute approximate surface area is 169 Å². The largest absolute Gasteiger partial charge is 0.495 e. The number of rotatable bonds is 7. The molecule has 0 unspecified atom stereocenters. The number of hydrogen-bond acceptors (Lipinski definition) is 5. The van der Waals surface area contributed by atoms with Crippen LogP contribution in [-0.2, 0) is 9.59 Å². The van der Waals surface area contributed by atoms with Gasteiger partial charge in [-0.1, -0.05) is 25.1 Å². The zero-order chi connectivity index (χ0) is 20.3. The van der Waals surface area contributed by atoms with Crippen molar-refractivity contribution in [2.75, 3.05) is 24.4 Å². The van der Waals surface area contributed by atoms with E-state index >= 15 is 0 Å². The molecule has 0 saturated carbocycles. The number of carbonyl (C=O) groups is 2. The highest BCUT2D eigenvalue weighted by Crippen LogP contribution is 2.41. The molecular formula is C22H23NO4S. The lowest BCUT2D eigenvalue weighted by Gasteiger charge is -2.19. The van der Waals surface area contributed by atoms with E-state index in [1.54, 1.807) is 12.1 Å². The average molecular weight is 397 g/mol. The zero-order valence-electron chi connectivity index (χ0n) is 16.4. The summed E-state index contributed by atoms with van der Waals surface area (Å²) in [6.45, 7) is 6.35. The fourth-order valence-electron chi connectivity index (χ4n) is 3.12. The van der Waals surface area contributed by atoms with Crippen molar-refractivity contribution in [1.82, 2.24) is 0 Å². The van der Waals surface area contributed by atoms with E-state index in [1.807, 2.05) is 51.1 Å². The second-order valence-electron chi connectivity index (χ2n) is 6.22. The number of anilines is 1. The molecular weight excluding hydrogens is 374 g/mol. The first-order valence-electron chi connectivity index (χ1n) is 9.15. The second kappa shape index (κ2) is 8.52. The Morgan fingerprint density at radius 1 is 1.00 bits per heavy atom. The summed E-state index contributed by atoms with van der Waals surface area (Å²) >= 11 is 1.38. The van der Waals surface area contributed by atoms with E-state index in [0.717, 1.165) is 11.3 Å². The summed E-state index contributed by atoms with van der Waals surface area (Å²) in [6, 6.07) is 12.7. The molecule has 1 heterocycles. The van der Waals surface area contributed by atoms with Crippen molar-refractivity contribution in [3.63, 3.8) is 0 Å². The first-order valence-corrected chi connectivity index (χ1v) is 10.1. The Balaban J connectivity index is 2.07. The predicted octanol–water partition coefficient (Wildman–Crippen LogP) is 4.44. The van der Waals surface area contributed by atoms with Crippen LogP contribution < -0.4 is 14.4 Å². The van der Waals surface area contributed by atoms with Gasteiger partial charge in [-0.25, -0.2) is 4.90 Å². The molecule has 0 bridgehead atoms. The lowest BCUT2D eigenvalue weighted by atomic mass is 10.1. The van der Waals surface area contributed by atoms with Gasteiger partial charge in [0.15, 0.2) is 0 Å². The minimum atomic E-state index is -0.339. The third-order valence-corrected chi connectivity index (χ3v) is 5.32. The number of benzene rings is 2. The van der Waals surface area contributed by atoms with E-state index in [4.69, 9.17) is 9.47 Å². The highest BCUT2D eigenvalue weighted by molar-refractivity contribution is 8.04. The molecule has 1 aliphatic rings. The van der Waals surface area contributed by atoms with Crippen molar-refractivity contribution < 1.29 is 19.1 Å². The third-order valence-electron chi connectivity index (χ3n) is 4.36. The zero-order valence-corrected chi connectivity index (χ0v) is 17.3. The number of hydrogen-bond donors (Lipinski definition) is 0. The SMILES string of the molecule is CCOc1ccc(C2=C(SCC)C(=O)N(c3cc(C)ccc3OC)C2=O)cc1. The van der Waals surface area contributed by atoms with Gasteiger partial charge in [0.2, 0.25) is 0 Å². The van der Waals surface area contributed by atoms with Crippen LogP contribution in [-0.4, -0.2) is 31.3 Å². The van der Waals surface area contributed by atoms with Gasteiger partial charge in [0.25, 0.3) is 11.8 Å². The minimum Gasteiger partial charge on any atom is -0.495 e. The van der Waals surface area contributed by atoms with Crippen LogP contribution in [0.4, 0.5) is 5.69 Å². The first-order chi connectivity index (χ1) is 13.5. The molecule has 0 saturated heterocycles. The fourth-order valence-corrected chi connectivity index (χ4v) is 3.97. The van der Waals surface area contributed by atoms with Crippen molar-refractivity contribution in [2.24, 2.45) is 0 Å². The van der Waals surface area contributed by atoms with Crippen molar-refractivity contribution in [3.05, 3.63) is 58.5 Å². The van der Waals surface area contributed by atoms with E-state index in [1.165, 1.54) is 23.8 Å². The summed E-state index contributed by atoms with van der Waals surface area (Å²) in [6.07, 6.45) is 0. The topological polar surface area (TPSA) is 55.8 Å². The minimum absolute atomic E-state index is 0.315. The van der Waals surface area contributed by atoms with E-state index in [-0.39, 0.29) is 11.8 Å². The van der Waals surface area contributed by atoms with Crippen LogP contribution in [0, 0.1) is 6.92 Å². The van der Waals surface area contributed by atoms with Gasteiger partial charge in [0, 0.05) is 0 Å². The molecule has 28 heavy (non-hydrogen) atoms. The fraction of sp³-hybridized carbons (Fsp3) is 0.273. The molecule has 5 nitrogen and oxygen atoms in total. The molecule has 0 spiro atoms. The van der Waals surface area contributed by atoms with Crippen LogP contribution in [0.25, 0.3) is 5.57 Å². The van der Waals surface area contributed by atoms with Gasteiger partial charge in [-0.2, -0.15) is 0 Å². The molecule has 2 aromatic carbocycles. The highest BCUT2D eigenvalue weighted by atomic mass is 32.2. The Hall–Kier alpha value is -2.73. The average Bonchev–Trinajstić information content (AvgIpc) is 2.93. The van der Waals surface area contributed by atoms with Crippen LogP contribution in [0.1, 0.15) is 25.0 Å². The van der Waals surface area contributed by atoms with Crippen molar-refractivity contribution >= 4 is 34.8 Å². The maximum Gasteiger partial charge on any atom is 0.272 e. The first kappa shape index (κ1) is 20.0. The van der Waals surface area contributed by atoms with Crippen LogP contribution in [0.3, 0.4) is 0 Å². The number of carbonyl (C=O) groups excluding carboxylic acids is 2. The maximum atomic E-state index is 13.3. The summed E-state index contributed by atoms with van der Waals surface area (Å²) in [5, 5.41) is 0. The van der Waals surface area contributed by atoms with Crippen LogP contribution in [0.2, 0.25) is 0 Å². The van der Waals surface area contributed by atoms with E-state index < -0.39 is 0 Å². The maximum absolute atomic E-state index is 13.3. The van der Waals surface area contributed by atoms with E-state index in [0.29, 0.717) is 39.8 Å². The summed E-state index contributed by atoms with van der Waals surface area (Å²) < 4.78 is 10.9. The molecule has 0 aliphatic carbocycles. The van der Waals surface area contributed by atoms with Gasteiger partial charge in [-0.3, -0.25) is 9.59 Å². The molecule has 3 rings (SSSR count).